The molecule has 0 bridgehead atoms. The molecule has 0 fully saturated rings. The Balaban J connectivity index is 1.92. The predicted octanol–water partition coefficient (Wildman–Crippen LogP) is 1.97. The van der Waals surface area contributed by atoms with Crippen LogP contribution in [0.4, 0.5) is 11.4 Å². The zero-order valence-electron chi connectivity index (χ0n) is 10.3. The van der Waals surface area contributed by atoms with Gasteiger partial charge in [0.2, 0.25) is 0 Å². The number of nitrogens with one attached hydrogen (secondary N) is 1. The number of aryl methyl sites for hydroxylation is 1. The molecule has 4 nitrogen and oxygen atoms in total. The van der Waals surface area contributed by atoms with Crippen LogP contribution in [0.25, 0.3) is 0 Å². The van der Waals surface area contributed by atoms with Crippen LogP contribution in [-0.2, 0) is 13.5 Å². The second-order valence-corrected chi connectivity index (χ2v) is 4.18. The molecule has 0 unspecified atom stereocenters. The summed E-state index contributed by atoms with van der Waals surface area (Å²) in [6.45, 7) is 2.89. The summed E-state index contributed by atoms with van der Waals surface area (Å²) in [5.74, 6) is 0. The Morgan fingerprint density at radius 3 is 2.88 bits per heavy atom. The SMILES string of the molecule is Cc1c(N)cccc1NCCc1ccn(C)n1. The molecule has 0 radical (unpaired) electrons. The molecule has 1 heterocycles. The number of nitrogen functional groups attached to an aromatic ring is 1. The van der Waals surface area contributed by atoms with E-state index in [2.05, 4.69) is 10.4 Å². The molecule has 2 rings (SSSR count). The van der Waals surface area contributed by atoms with Gasteiger partial charge in [0.1, 0.15) is 0 Å². The van der Waals surface area contributed by atoms with Crippen molar-refractivity contribution in [2.75, 3.05) is 17.6 Å². The summed E-state index contributed by atoms with van der Waals surface area (Å²) in [4.78, 5) is 0. The van der Waals surface area contributed by atoms with Gasteiger partial charge in [0.05, 0.1) is 5.69 Å². The van der Waals surface area contributed by atoms with Crippen LogP contribution in [0.2, 0.25) is 0 Å². The molecular weight excluding hydrogens is 212 g/mol. The van der Waals surface area contributed by atoms with E-state index in [4.69, 9.17) is 5.73 Å². The van der Waals surface area contributed by atoms with Gasteiger partial charge in [-0.25, -0.2) is 0 Å². The quantitative estimate of drug-likeness (QED) is 0.789. The fourth-order valence-electron chi connectivity index (χ4n) is 1.77. The van der Waals surface area contributed by atoms with Gasteiger partial charge in [0.15, 0.2) is 0 Å². The molecule has 1 aromatic carbocycles. The lowest BCUT2D eigenvalue weighted by atomic mass is 10.1. The first kappa shape index (κ1) is 11.5. The molecule has 1 aromatic heterocycles. The topological polar surface area (TPSA) is 55.9 Å². The number of nitrogens with two attached hydrogens (primary N) is 1. The maximum atomic E-state index is 5.85. The Hall–Kier alpha value is -1.97. The normalized spacial score (nSPS) is 10.5. The van der Waals surface area contributed by atoms with Crippen molar-refractivity contribution in [3.05, 3.63) is 41.7 Å². The molecule has 0 amide bonds. The lowest BCUT2D eigenvalue weighted by Gasteiger charge is -2.10. The van der Waals surface area contributed by atoms with Crippen molar-refractivity contribution in [1.29, 1.82) is 0 Å². The molecule has 0 atom stereocenters. The second kappa shape index (κ2) is 4.91. The van der Waals surface area contributed by atoms with E-state index < -0.39 is 0 Å². The molecule has 0 saturated heterocycles. The van der Waals surface area contributed by atoms with Gasteiger partial charge in [-0.2, -0.15) is 5.10 Å². The van der Waals surface area contributed by atoms with Crippen molar-refractivity contribution < 1.29 is 0 Å². The van der Waals surface area contributed by atoms with Crippen LogP contribution in [0.15, 0.2) is 30.5 Å². The van der Waals surface area contributed by atoms with E-state index in [-0.39, 0.29) is 0 Å². The molecule has 2 aromatic rings. The van der Waals surface area contributed by atoms with Crippen LogP contribution < -0.4 is 11.1 Å². The van der Waals surface area contributed by atoms with Gasteiger partial charge >= 0.3 is 0 Å². The molecule has 17 heavy (non-hydrogen) atoms. The Bertz CT molecular complexity index is 502. The standard InChI is InChI=1S/C13H18N4/c1-10-12(14)4-3-5-13(10)15-8-6-11-7-9-17(2)16-11/h3-5,7,9,15H,6,8,14H2,1-2H3. The summed E-state index contributed by atoms with van der Waals surface area (Å²) in [5.41, 5.74) is 9.98. The van der Waals surface area contributed by atoms with Crippen LogP contribution >= 0.6 is 0 Å². The molecule has 0 spiro atoms. The molecule has 90 valence electrons. The third kappa shape index (κ3) is 2.78. The summed E-state index contributed by atoms with van der Waals surface area (Å²) in [7, 11) is 1.93. The average Bonchev–Trinajstić information content (AvgIpc) is 2.70. The lowest BCUT2D eigenvalue weighted by Crippen LogP contribution is -2.07. The molecule has 3 N–H and O–H groups in total. The minimum atomic E-state index is 0.827. The highest BCUT2D eigenvalue weighted by atomic mass is 15.2. The fourth-order valence-corrected chi connectivity index (χ4v) is 1.77. The van der Waals surface area contributed by atoms with Crippen molar-refractivity contribution in [3.63, 3.8) is 0 Å². The summed E-state index contributed by atoms with van der Waals surface area (Å²) < 4.78 is 1.82. The van der Waals surface area contributed by atoms with Crippen LogP contribution in [0.3, 0.4) is 0 Å². The second-order valence-electron chi connectivity index (χ2n) is 4.18. The number of benzene rings is 1. The van der Waals surface area contributed by atoms with Crippen molar-refractivity contribution in [2.45, 2.75) is 13.3 Å². The first-order chi connectivity index (χ1) is 8.16. The van der Waals surface area contributed by atoms with Crippen molar-refractivity contribution in [1.82, 2.24) is 9.78 Å². The number of nitrogens with zero attached hydrogens (tertiary/aromatic N) is 2. The maximum Gasteiger partial charge on any atom is 0.0642 e. The highest BCUT2D eigenvalue weighted by Crippen LogP contribution is 2.20. The Morgan fingerprint density at radius 1 is 1.35 bits per heavy atom. The summed E-state index contributed by atoms with van der Waals surface area (Å²) in [6, 6.07) is 7.96. The van der Waals surface area contributed by atoms with Gasteiger partial charge in [0.25, 0.3) is 0 Å². The van der Waals surface area contributed by atoms with Crippen molar-refractivity contribution in [3.8, 4) is 0 Å². The maximum absolute atomic E-state index is 5.85. The average molecular weight is 230 g/mol. The molecule has 0 aliphatic carbocycles. The Labute approximate surface area is 101 Å². The van der Waals surface area contributed by atoms with E-state index in [9.17, 15) is 0 Å². The highest BCUT2D eigenvalue weighted by Gasteiger charge is 2.01. The van der Waals surface area contributed by atoms with Gasteiger partial charge in [-0.15, -0.1) is 0 Å². The number of hydrogen-bond acceptors (Lipinski definition) is 3. The molecular formula is C13H18N4. The van der Waals surface area contributed by atoms with Crippen molar-refractivity contribution in [2.24, 2.45) is 7.05 Å². The summed E-state index contributed by atoms with van der Waals surface area (Å²) >= 11 is 0. The summed E-state index contributed by atoms with van der Waals surface area (Å²) in [5, 5.41) is 7.72. The monoisotopic (exact) mass is 230 g/mol. The zero-order valence-corrected chi connectivity index (χ0v) is 10.3. The van der Waals surface area contributed by atoms with E-state index in [1.807, 2.05) is 49.1 Å². The largest absolute Gasteiger partial charge is 0.398 e. The first-order valence-corrected chi connectivity index (χ1v) is 5.74. The number of anilines is 2. The smallest absolute Gasteiger partial charge is 0.0642 e. The van der Waals surface area contributed by atoms with Crippen LogP contribution in [0.5, 0.6) is 0 Å². The van der Waals surface area contributed by atoms with Gasteiger partial charge in [0, 0.05) is 37.6 Å². The highest BCUT2D eigenvalue weighted by molar-refractivity contribution is 5.62. The molecule has 0 aliphatic rings. The van der Waals surface area contributed by atoms with E-state index in [1.165, 1.54) is 0 Å². The van der Waals surface area contributed by atoms with Crippen molar-refractivity contribution >= 4 is 11.4 Å². The first-order valence-electron chi connectivity index (χ1n) is 5.74. The minimum absolute atomic E-state index is 0.827. The van der Waals surface area contributed by atoms with Gasteiger partial charge in [-0.3, -0.25) is 4.68 Å². The van der Waals surface area contributed by atoms with Gasteiger partial charge in [-0.05, 0) is 30.7 Å². The van der Waals surface area contributed by atoms with Gasteiger partial charge in [-0.1, -0.05) is 6.07 Å². The molecule has 4 heteroatoms. The van der Waals surface area contributed by atoms with E-state index in [0.29, 0.717) is 0 Å². The lowest BCUT2D eigenvalue weighted by molar-refractivity contribution is 0.742. The molecule has 0 saturated carbocycles. The third-order valence-corrected chi connectivity index (χ3v) is 2.84. The van der Waals surface area contributed by atoms with E-state index in [0.717, 1.165) is 35.6 Å². The third-order valence-electron chi connectivity index (χ3n) is 2.84. The number of rotatable bonds is 4. The van der Waals surface area contributed by atoms with Crippen LogP contribution in [0, 0.1) is 6.92 Å². The predicted molar refractivity (Wildman–Crippen MR) is 71.0 cm³/mol. The van der Waals surface area contributed by atoms with Crippen LogP contribution in [-0.4, -0.2) is 16.3 Å². The number of aromatic nitrogens is 2. The molecule has 0 aliphatic heterocycles. The van der Waals surface area contributed by atoms with Gasteiger partial charge < -0.3 is 11.1 Å². The fraction of sp³-hybridized carbons (Fsp3) is 0.308. The minimum Gasteiger partial charge on any atom is -0.398 e. The Kier molecular flexibility index (Phi) is 3.32. The zero-order chi connectivity index (χ0) is 12.3. The van der Waals surface area contributed by atoms with E-state index in [1.54, 1.807) is 0 Å². The summed E-state index contributed by atoms with van der Waals surface area (Å²) in [6.07, 6.45) is 2.87. The number of hydrogen-bond donors (Lipinski definition) is 2. The van der Waals surface area contributed by atoms with E-state index >= 15 is 0 Å². The van der Waals surface area contributed by atoms with Crippen LogP contribution in [0.1, 0.15) is 11.3 Å². The Morgan fingerprint density at radius 2 is 2.18 bits per heavy atom.